The fraction of sp³-hybridized carbons (Fsp3) is 0.941. The fourth-order valence-electron chi connectivity index (χ4n) is 4.27. The molecule has 0 aromatic rings. The highest BCUT2D eigenvalue weighted by atomic mass is 16.2. The summed E-state index contributed by atoms with van der Waals surface area (Å²) in [4.78, 5) is 14.9. The second-order valence-corrected chi connectivity index (χ2v) is 7.12. The predicted octanol–water partition coefficient (Wildman–Crippen LogP) is 2.95. The lowest BCUT2D eigenvalue weighted by Gasteiger charge is -2.42. The monoisotopic (exact) mass is 278 g/mol. The van der Waals surface area contributed by atoms with Crippen LogP contribution in [-0.2, 0) is 4.79 Å². The number of carbonyl (C=O) groups is 1. The number of hydrogen-bond acceptors (Lipinski definition) is 2. The molecule has 1 saturated heterocycles. The molecule has 1 amide bonds. The lowest BCUT2D eigenvalue weighted by Crippen LogP contribution is -2.56. The van der Waals surface area contributed by atoms with Gasteiger partial charge in [-0.2, -0.15) is 0 Å². The molecular weight excluding hydrogens is 248 g/mol. The van der Waals surface area contributed by atoms with Crippen molar-refractivity contribution in [2.24, 2.45) is 11.8 Å². The van der Waals surface area contributed by atoms with Gasteiger partial charge in [0, 0.05) is 19.1 Å². The SMILES string of the molecule is CCN(CC1CCC1)C(=O)C1CCC2CCCCC2N1. The zero-order valence-electron chi connectivity index (χ0n) is 12.9. The Morgan fingerprint density at radius 3 is 2.55 bits per heavy atom. The topological polar surface area (TPSA) is 32.3 Å². The molecule has 20 heavy (non-hydrogen) atoms. The van der Waals surface area contributed by atoms with Gasteiger partial charge < -0.3 is 10.2 Å². The van der Waals surface area contributed by atoms with E-state index < -0.39 is 0 Å². The number of hydrogen-bond donors (Lipinski definition) is 1. The van der Waals surface area contributed by atoms with E-state index in [1.165, 1.54) is 51.4 Å². The summed E-state index contributed by atoms with van der Waals surface area (Å²) in [7, 11) is 0. The molecule has 2 aliphatic carbocycles. The number of carbonyl (C=O) groups excluding carboxylic acids is 1. The molecule has 0 aromatic carbocycles. The maximum atomic E-state index is 12.7. The van der Waals surface area contributed by atoms with Crippen LogP contribution in [0.15, 0.2) is 0 Å². The van der Waals surface area contributed by atoms with Gasteiger partial charge in [0.05, 0.1) is 6.04 Å². The molecule has 1 heterocycles. The van der Waals surface area contributed by atoms with Crippen molar-refractivity contribution in [3.05, 3.63) is 0 Å². The molecule has 3 fully saturated rings. The Kier molecular flexibility index (Phi) is 4.65. The number of fused-ring (bicyclic) bond motifs is 1. The van der Waals surface area contributed by atoms with E-state index >= 15 is 0 Å². The third-order valence-corrected chi connectivity index (χ3v) is 5.85. The average Bonchev–Trinajstić information content (AvgIpc) is 2.45. The van der Waals surface area contributed by atoms with Gasteiger partial charge in [-0.15, -0.1) is 0 Å². The van der Waals surface area contributed by atoms with Crippen LogP contribution in [0.5, 0.6) is 0 Å². The Morgan fingerprint density at radius 1 is 1.05 bits per heavy atom. The van der Waals surface area contributed by atoms with Crippen molar-refractivity contribution >= 4 is 5.91 Å². The van der Waals surface area contributed by atoms with Crippen molar-refractivity contribution in [2.45, 2.75) is 76.8 Å². The van der Waals surface area contributed by atoms with Crippen LogP contribution in [0.3, 0.4) is 0 Å². The van der Waals surface area contributed by atoms with Crippen LogP contribution in [0, 0.1) is 11.8 Å². The van der Waals surface area contributed by atoms with Crippen LogP contribution in [0.1, 0.15) is 64.7 Å². The molecule has 0 spiro atoms. The van der Waals surface area contributed by atoms with Crippen LogP contribution >= 0.6 is 0 Å². The minimum absolute atomic E-state index is 0.106. The molecule has 3 atom stereocenters. The average molecular weight is 278 g/mol. The van der Waals surface area contributed by atoms with Gasteiger partial charge in [-0.05, 0) is 57.3 Å². The van der Waals surface area contributed by atoms with E-state index in [-0.39, 0.29) is 6.04 Å². The summed E-state index contributed by atoms with van der Waals surface area (Å²) in [5, 5.41) is 3.69. The van der Waals surface area contributed by atoms with Crippen LogP contribution in [0.25, 0.3) is 0 Å². The highest BCUT2D eigenvalue weighted by molar-refractivity contribution is 5.82. The van der Waals surface area contributed by atoms with E-state index in [1.54, 1.807) is 0 Å². The van der Waals surface area contributed by atoms with E-state index in [2.05, 4.69) is 17.1 Å². The molecule has 1 N–H and O–H groups in total. The first-order valence-corrected chi connectivity index (χ1v) is 8.82. The Bertz CT molecular complexity index is 340. The van der Waals surface area contributed by atoms with Crippen LogP contribution in [0.2, 0.25) is 0 Å². The zero-order chi connectivity index (χ0) is 13.9. The maximum Gasteiger partial charge on any atom is 0.239 e. The molecule has 0 radical (unpaired) electrons. The number of rotatable bonds is 4. The van der Waals surface area contributed by atoms with E-state index in [0.717, 1.165) is 31.3 Å². The molecule has 0 bridgehead atoms. The zero-order valence-corrected chi connectivity index (χ0v) is 12.9. The first-order valence-electron chi connectivity index (χ1n) is 8.82. The van der Waals surface area contributed by atoms with Crippen LogP contribution < -0.4 is 5.32 Å². The largest absolute Gasteiger partial charge is 0.341 e. The summed E-state index contributed by atoms with van der Waals surface area (Å²) in [6, 6.07) is 0.725. The first-order chi connectivity index (χ1) is 9.78. The molecular formula is C17H30N2O. The van der Waals surface area contributed by atoms with Gasteiger partial charge >= 0.3 is 0 Å². The van der Waals surface area contributed by atoms with Crippen molar-refractivity contribution in [2.75, 3.05) is 13.1 Å². The molecule has 3 unspecified atom stereocenters. The van der Waals surface area contributed by atoms with Crippen LogP contribution in [-0.4, -0.2) is 36.0 Å². The fourth-order valence-corrected chi connectivity index (χ4v) is 4.27. The van der Waals surface area contributed by atoms with Crippen molar-refractivity contribution in [1.82, 2.24) is 10.2 Å². The third-order valence-electron chi connectivity index (χ3n) is 5.85. The molecule has 3 nitrogen and oxygen atoms in total. The quantitative estimate of drug-likeness (QED) is 0.857. The normalized spacial score (nSPS) is 34.1. The molecule has 114 valence electrons. The minimum Gasteiger partial charge on any atom is -0.341 e. The summed E-state index contributed by atoms with van der Waals surface area (Å²) in [5.74, 6) is 2.00. The van der Waals surface area contributed by atoms with Gasteiger partial charge in [-0.1, -0.05) is 19.3 Å². The standard InChI is InChI=1S/C17H30N2O/c1-2-19(12-13-6-5-7-13)17(20)16-11-10-14-8-3-4-9-15(14)18-16/h13-16,18H,2-12H2,1H3. The summed E-state index contributed by atoms with van der Waals surface area (Å²) < 4.78 is 0. The smallest absolute Gasteiger partial charge is 0.239 e. The Morgan fingerprint density at radius 2 is 1.85 bits per heavy atom. The molecule has 0 aromatic heterocycles. The van der Waals surface area contributed by atoms with E-state index in [4.69, 9.17) is 0 Å². The van der Waals surface area contributed by atoms with E-state index in [1.807, 2.05) is 0 Å². The van der Waals surface area contributed by atoms with E-state index in [9.17, 15) is 4.79 Å². The minimum atomic E-state index is 0.106. The van der Waals surface area contributed by atoms with Gasteiger partial charge in [0.1, 0.15) is 0 Å². The maximum absolute atomic E-state index is 12.7. The van der Waals surface area contributed by atoms with Gasteiger partial charge in [0.15, 0.2) is 0 Å². The molecule has 2 saturated carbocycles. The Hall–Kier alpha value is -0.570. The number of piperidine rings is 1. The summed E-state index contributed by atoms with van der Waals surface area (Å²) in [6.45, 7) is 4.01. The van der Waals surface area contributed by atoms with Crippen LogP contribution in [0.4, 0.5) is 0 Å². The summed E-state index contributed by atoms with van der Waals surface area (Å²) in [6.07, 6.45) is 11.7. The number of amides is 1. The van der Waals surface area contributed by atoms with Crippen molar-refractivity contribution in [1.29, 1.82) is 0 Å². The number of nitrogens with one attached hydrogen (secondary N) is 1. The highest BCUT2D eigenvalue weighted by Gasteiger charge is 2.36. The van der Waals surface area contributed by atoms with Gasteiger partial charge in [0.2, 0.25) is 5.91 Å². The van der Waals surface area contributed by atoms with Gasteiger partial charge in [-0.3, -0.25) is 4.79 Å². The second kappa shape index (κ2) is 6.46. The van der Waals surface area contributed by atoms with Crippen molar-refractivity contribution in [3.63, 3.8) is 0 Å². The summed E-state index contributed by atoms with van der Waals surface area (Å²) >= 11 is 0. The van der Waals surface area contributed by atoms with Crippen molar-refractivity contribution in [3.8, 4) is 0 Å². The Labute approximate surface area is 123 Å². The lowest BCUT2D eigenvalue weighted by molar-refractivity contribution is -0.135. The molecule has 3 rings (SSSR count). The molecule has 3 aliphatic rings. The third kappa shape index (κ3) is 3.03. The second-order valence-electron chi connectivity index (χ2n) is 7.12. The summed E-state index contributed by atoms with van der Waals surface area (Å²) in [5.41, 5.74) is 0. The predicted molar refractivity (Wildman–Crippen MR) is 81.5 cm³/mol. The highest BCUT2D eigenvalue weighted by Crippen LogP contribution is 2.33. The lowest BCUT2D eigenvalue weighted by atomic mass is 9.77. The number of nitrogens with zero attached hydrogens (tertiary/aromatic N) is 1. The van der Waals surface area contributed by atoms with E-state index in [0.29, 0.717) is 11.9 Å². The van der Waals surface area contributed by atoms with Gasteiger partial charge in [-0.25, -0.2) is 0 Å². The molecule has 3 heteroatoms. The Balaban J connectivity index is 1.55. The van der Waals surface area contributed by atoms with Gasteiger partial charge in [0.25, 0.3) is 0 Å². The first kappa shape index (κ1) is 14.4. The molecule has 1 aliphatic heterocycles. The number of likely N-dealkylation sites (N-methyl/N-ethyl adjacent to an activating group) is 1. The van der Waals surface area contributed by atoms with Crippen molar-refractivity contribution < 1.29 is 4.79 Å².